The Kier molecular flexibility index (Phi) is 5.38. The molecule has 5 nitrogen and oxygen atoms in total. The molecule has 1 aliphatic heterocycles. The molecule has 0 radical (unpaired) electrons. The minimum Gasteiger partial charge on any atom is -0.340 e. The summed E-state index contributed by atoms with van der Waals surface area (Å²) >= 11 is 0. The molecule has 1 aliphatic rings. The molecule has 1 atom stereocenters. The van der Waals surface area contributed by atoms with Crippen LogP contribution in [0.4, 0.5) is 4.39 Å². The fourth-order valence-electron chi connectivity index (χ4n) is 3.20. The highest BCUT2D eigenvalue weighted by Gasteiger charge is 2.40. The number of rotatable bonds is 5. The Morgan fingerprint density at radius 1 is 1.15 bits per heavy atom. The molecule has 1 saturated heterocycles. The van der Waals surface area contributed by atoms with E-state index in [2.05, 4.69) is 0 Å². The Morgan fingerprint density at radius 2 is 1.81 bits per heavy atom. The minimum absolute atomic E-state index is 0.195. The standard InChI is InChI=1S/C19H21FN2O3S/c1-21(14-15-9-11-16(20)12-10-15)19(23)18-8-5-13-22(18)26(24,25)17-6-3-2-4-7-17/h2-4,6-7,9-12,18H,5,8,13-14H2,1H3/t18-/m1/s1. The molecule has 1 fully saturated rings. The lowest BCUT2D eigenvalue weighted by Gasteiger charge is -2.27. The fraction of sp³-hybridized carbons (Fsp3) is 0.316. The molecule has 26 heavy (non-hydrogen) atoms. The molecule has 0 N–H and O–H groups in total. The third-order valence-electron chi connectivity index (χ3n) is 4.55. The van der Waals surface area contributed by atoms with Crippen molar-refractivity contribution in [3.8, 4) is 0 Å². The van der Waals surface area contributed by atoms with Crippen molar-refractivity contribution in [3.63, 3.8) is 0 Å². The quantitative estimate of drug-likeness (QED) is 0.806. The van der Waals surface area contributed by atoms with Gasteiger partial charge in [-0.05, 0) is 42.7 Å². The zero-order valence-corrected chi connectivity index (χ0v) is 15.3. The Morgan fingerprint density at radius 3 is 2.46 bits per heavy atom. The van der Waals surface area contributed by atoms with Crippen molar-refractivity contribution in [1.82, 2.24) is 9.21 Å². The van der Waals surface area contributed by atoms with Crippen LogP contribution in [-0.4, -0.2) is 43.2 Å². The van der Waals surface area contributed by atoms with E-state index in [-0.39, 0.29) is 16.6 Å². The van der Waals surface area contributed by atoms with Gasteiger partial charge < -0.3 is 4.90 Å². The molecule has 0 aliphatic carbocycles. The monoisotopic (exact) mass is 376 g/mol. The third kappa shape index (κ3) is 3.78. The van der Waals surface area contributed by atoms with Gasteiger partial charge in [-0.15, -0.1) is 0 Å². The van der Waals surface area contributed by atoms with Gasteiger partial charge in [0.05, 0.1) is 4.90 Å². The van der Waals surface area contributed by atoms with E-state index in [1.165, 1.54) is 33.5 Å². The highest BCUT2D eigenvalue weighted by atomic mass is 32.2. The van der Waals surface area contributed by atoms with Gasteiger partial charge >= 0.3 is 0 Å². The maximum absolute atomic E-state index is 13.0. The van der Waals surface area contributed by atoms with Crippen LogP contribution in [0.3, 0.4) is 0 Å². The minimum atomic E-state index is -3.71. The molecule has 1 heterocycles. The lowest BCUT2D eigenvalue weighted by molar-refractivity contribution is -0.133. The molecule has 0 saturated carbocycles. The maximum atomic E-state index is 13.0. The SMILES string of the molecule is CN(Cc1ccc(F)cc1)C(=O)[C@H]1CCCN1S(=O)(=O)c1ccccc1. The van der Waals surface area contributed by atoms with E-state index in [1.54, 1.807) is 37.4 Å². The summed E-state index contributed by atoms with van der Waals surface area (Å²) in [6.07, 6.45) is 1.14. The molecule has 0 bridgehead atoms. The van der Waals surface area contributed by atoms with E-state index in [9.17, 15) is 17.6 Å². The second kappa shape index (κ2) is 7.55. The van der Waals surface area contributed by atoms with Crippen LogP contribution in [0.15, 0.2) is 59.5 Å². The molecule has 2 aromatic carbocycles. The largest absolute Gasteiger partial charge is 0.340 e. The lowest BCUT2D eigenvalue weighted by Crippen LogP contribution is -2.46. The average Bonchev–Trinajstić information content (AvgIpc) is 3.14. The summed E-state index contributed by atoms with van der Waals surface area (Å²) in [6, 6.07) is 13.4. The van der Waals surface area contributed by atoms with Gasteiger partial charge in [0.2, 0.25) is 15.9 Å². The van der Waals surface area contributed by atoms with Gasteiger partial charge in [0.25, 0.3) is 0 Å². The van der Waals surface area contributed by atoms with E-state index >= 15 is 0 Å². The zero-order valence-electron chi connectivity index (χ0n) is 14.5. The number of hydrogen-bond donors (Lipinski definition) is 0. The number of amides is 1. The normalized spacial score (nSPS) is 18.0. The average molecular weight is 376 g/mol. The molecular weight excluding hydrogens is 355 g/mol. The van der Waals surface area contributed by atoms with E-state index < -0.39 is 16.1 Å². The number of hydrogen-bond acceptors (Lipinski definition) is 3. The molecule has 3 rings (SSSR count). The number of nitrogens with zero attached hydrogens (tertiary/aromatic N) is 2. The van der Waals surface area contributed by atoms with Crippen molar-refractivity contribution in [1.29, 1.82) is 0 Å². The molecular formula is C19H21FN2O3S. The van der Waals surface area contributed by atoms with Crippen molar-refractivity contribution >= 4 is 15.9 Å². The fourth-order valence-corrected chi connectivity index (χ4v) is 4.87. The molecule has 0 spiro atoms. The van der Waals surface area contributed by atoms with Crippen LogP contribution >= 0.6 is 0 Å². The Bertz CT molecular complexity index is 869. The third-order valence-corrected chi connectivity index (χ3v) is 6.47. The van der Waals surface area contributed by atoms with Gasteiger partial charge in [-0.2, -0.15) is 4.31 Å². The van der Waals surface area contributed by atoms with E-state index in [0.29, 0.717) is 25.9 Å². The second-order valence-corrected chi connectivity index (χ2v) is 8.30. The van der Waals surface area contributed by atoms with Crippen LogP contribution in [0.1, 0.15) is 18.4 Å². The Hall–Kier alpha value is -2.25. The van der Waals surface area contributed by atoms with Crippen molar-refractivity contribution < 1.29 is 17.6 Å². The first kappa shape index (κ1) is 18.5. The summed E-state index contributed by atoms with van der Waals surface area (Å²) in [6.45, 7) is 0.632. The van der Waals surface area contributed by atoms with Gasteiger partial charge in [-0.3, -0.25) is 4.79 Å². The number of halogens is 1. The van der Waals surface area contributed by atoms with Crippen molar-refractivity contribution in [2.75, 3.05) is 13.6 Å². The van der Waals surface area contributed by atoms with E-state index in [1.807, 2.05) is 0 Å². The van der Waals surface area contributed by atoms with Crippen LogP contribution in [-0.2, 0) is 21.4 Å². The van der Waals surface area contributed by atoms with Crippen LogP contribution in [0, 0.1) is 5.82 Å². The van der Waals surface area contributed by atoms with Gasteiger partial charge in [-0.25, -0.2) is 12.8 Å². The Labute approximate surface area is 153 Å². The first-order chi connectivity index (χ1) is 12.4. The second-order valence-electron chi connectivity index (χ2n) is 6.41. The summed E-state index contributed by atoms with van der Waals surface area (Å²) in [5, 5.41) is 0. The van der Waals surface area contributed by atoms with Crippen molar-refractivity contribution in [3.05, 3.63) is 66.0 Å². The topological polar surface area (TPSA) is 57.7 Å². The number of likely N-dealkylation sites (N-methyl/N-ethyl adjacent to an activating group) is 1. The number of carbonyl (C=O) groups excluding carboxylic acids is 1. The summed E-state index contributed by atoms with van der Waals surface area (Å²) in [4.78, 5) is 14.5. The number of carbonyl (C=O) groups is 1. The van der Waals surface area contributed by atoms with Gasteiger partial charge in [0.15, 0.2) is 0 Å². The van der Waals surface area contributed by atoms with Crippen molar-refractivity contribution in [2.45, 2.75) is 30.3 Å². The van der Waals surface area contributed by atoms with E-state index in [0.717, 1.165) is 5.56 Å². The predicted octanol–water partition coefficient (Wildman–Crippen LogP) is 2.64. The predicted molar refractivity (Wildman–Crippen MR) is 96.2 cm³/mol. The molecule has 1 amide bonds. The zero-order chi connectivity index (χ0) is 18.7. The first-order valence-corrected chi connectivity index (χ1v) is 9.90. The summed E-state index contributed by atoms with van der Waals surface area (Å²) in [7, 11) is -2.07. The van der Waals surface area contributed by atoms with Crippen LogP contribution in [0.25, 0.3) is 0 Å². The molecule has 2 aromatic rings. The van der Waals surface area contributed by atoms with Crippen LogP contribution < -0.4 is 0 Å². The summed E-state index contributed by atoms with van der Waals surface area (Å²) < 4.78 is 40.1. The molecule has 138 valence electrons. The smallest absolute Gasteiger partial charge is 0.243 e. The molecule has 7 heteroatoms. The van der Waals surface area contributed by atoms with Gasteiger partial charge in [-0.1, -0.05) is 30.3 Å². The molecule has 0 unspecified atom stereocenters. The number of sulfonamides is 1. The van der Waals surface area contributed by atoms with Crippen molar-refractivity contribution in [2.24, 2.45) is 0 Å². The van der Waals surface area contributed by atoms with Crippen LogP contribution in [0.5, 0.6) is 0 Å². The van der Waals surface area contributed by atoms with E-state index in [4.69, 9.17) is 0 Å². The lowest BCUT2D eigenvalue weighted by atomic mass is 10.1. The highest BCUT2D eigenvalue weighted by Crippen LogP contribution is 2.27. The Balaban J connectivity index is 1.76. The highest BCUT2D eigenvalue weighted by molar-refractivity contribution is 7.89. The summed E-state index contributed by atoms with van der Waals surface area (Å²) in [5.74, 6) is -0.579. The number of benzene rings is 2. The van der Waals surface area contributed by atoms with Gasteiger partial charge in [0.1, 0.15) is 11.9 Å². The first-order valence-electron chi connectivity index (χ1n) is 8.46. The molecule has 0 aromatic heterocycles. The maximum Gasteiger partial charge on any atom is 0.243 e. The van der Waals surface area contributed by atoms with Crippen LogP contribution in [0.2, 0.25) is 0 Å². The van der Waals surface area contributed by atoms with Gasteiger partial charge in [0, 0.05) is 20.1 Å². The summed E-state index contributed by atoms with van der Waals surface area (Å²) in [5.41, 5.74) is 0.790.